The average molecular weight is 245 g/mol. The van der Waals surface area contributed by atoms with E-state index < -0.39 is 5.82 Å². The maximum Gasteiger partial charge on any atom is 0.144 e. The summed E-state index contributed by atoms with van der Waals surface area (Å²) in [5.41, 5.74) is 7.03. The maximum absolute atomic E-state index is 13.4. The molecule has 1 saturated heterocycles. The van der Waals surface area contributed by atoms with E-state index in [2.05, 4.69) is 0 Å². The summed E-state index contributed by atoms with van der Waals surface area (Å²) in [5.74, 6) is -0.440. The molecule has 1 fully saturated rings. The third-order valence-corrected chi connectivity index (χ3v) is 2.94. The molecule has 1 aliphatic heterocycles. The van der Waals surface area contributed by atoms with E-state index in [9.17, 15) is 4.39 Å². The second-order valence-electron chi connectivity index (χ2n) is 3.95. The van der Waals surface area contributed by atoms with Gasteiger partial charge in [-0.1, -0.05) is 11.6 Å². The average Bonchev–Trinajstić information content (AvgIpc) is 2.23. The zero-order valence-corrected chi connectivity index (χ0v) is 9.80. The Balaban J connectivity index is 2.29. The van der Waals surface area contributed by atoms with Crippen LogP contribution in [0.15, 0.2) is 12.1 Å². The van der Waals surface area contributed by atoms with Crippen LogP contribution in [0.2, 0.25) is 5.02 Å². The summed E-state index contributed by atoms with van der Waals surface area (Å²) in [4.78, 5) is 2.02. The van der Waals surface area contributed by atoms with Gasteiger partial charge in [-0.15, -0.1) is 0 Å². The molecule has 1 atom stereocenters. The van der Waals surface area contributed by atoms with Crippen molar-refractivity contribution in [1.29, 1.82) is 0 Å². The lowest BCUT2D eigenvalue weighted by molar-refractivity contribution is 0.0532. The topological polar surface area (TPSA) is 38.5 Å². The quantitative estimate of drug-likeness (QED) is 0.771. The van der Waals surface area contributed by atoms with Gasteiger partial charge >= 0.3 is 0 Å². The molecule has 88 valence electrons. The monoisotopic (exact) mass is 244 g/mol. The third kappa shape index (κ3) is 2.23. The van der Waals surface area contributed by atoms with E-state index in [0.29, 0.717) is 24.5 Å². The van der Waals surface area contributed by atoms with E-state index in [4.69, 9.17) is 22.1 Å². The van der Waals surface area contributed by atoms with Gasteiger partial charge in [-0.3, -0.25) is 0 Å². The van der Waals surface area contributed by atoms with Crippen LogP contribution in [0.4, 0.5) is 15.8 Å². The van der Waals surface area contributed by atoms with Gasteiger partial charge in [0.25, 0.3) is 0 Å². The van der Waals surface area contributed by atoms with E-state index in [1.165, 1.54) is 12.1 Å². The lowest BCUT2D eigenvalue weighted by atomic mass is 10.2. The van der Waals surface area contributed by atoms with Gasteiger partial charge in [-0.25, -0.2) is 4.39 Å². The first-order valence-corrected chi connectivity index (χ1v) is 5.57. The number of benzene rings is 1. The molecule has 0 aromatic heterocycles. The van der Waals surface area contributed by atoms with Gasteiger partial charge in [0.2, 0.25) is 0 Å². The van der Waals surface area contributed by atoms with Crippen molar-refractivity contribution in [3.8, 4) is 0 Å². The molecule has 0 spiro atoms. The van der Waals surface area contributed by atoms with Gasteiger partial charge < -0.3 is 15.4 Å². The second kappa shape index (κ2) is 4.47. The van der Waals surface area contributed by atoms with Crippen molar-refractivity contribution in [2.24, 2.45) is 0 Å². The molecule has 1 aromatic rings. The van der Waals surface area contributed by atoms with Crippen molar-refractivity contribution >= 4 is 23.0 Å². The molecule has 16 heavy (non-hydrogen) atoms. The number of morpholine rings is 1. The Labute approximate surface area is 98.9 Å². The number of nitrogens with two attached hydrogens (primary N) is 1. The molecule has 0 bridgehead atoms. The number of anilines is 2. The molecule has 1 aliphatic rings. The lowest BCUT2D eigenvalue weighted by Crippen LogP contribution is -2.41. The fourth-order valence-electron chi connectivity index (χ4n) is 1.86. The van der Waals surface area contributed by atoms with Gasteiger partial charge in [-0.05, 0) is 13.0 Å². The number of hydrogen-bond donors (Lipinski definition) is 1. The van der Waals surface area contributed by atoms with Crippen molar-refractivity contribution in [2.75, 3.05) is 30.3 Å². The highest BCUT2D eigenvalue weighted by Gasteiger charge is 2.19. The third-order valence-electron chi connectivity index (χ3n) is 2.65. The zero-order valence-electron chi connectivity index (χ0n) is 9.04. The van der Waals surface area contributed by atoms with Crippen LogP contribution >= 0.6 is 11.6 Å². The summed E-state index contributed by atoms with van der Waals surface area (Å²) in [6.07, 6.45) is 0.131. The van der Waals surface area contributed by atoms with Gasteiger partial charge in [0.05, 0.1) is 29.1 Å². The number of ether oxygens (including phenoxy) is 1. The van der Waals surface area contributed by atoms with Crippen LogP contribution in [0.5, 0.6) is 0 Å². The molecule has 0 radical (unpaired) electrons. The molecule has 5 heteroatoms. The normalized spacial score (nSPS) is 21.2. The predicted molar refractivity (Wildman–Crippen MR) is 63.4 cm³/mol. The van der Waals surface area contributed by atoms with Crippen molar-refractivity contribution in [2.45, 2.75) is 13.0 Å². The van der Waals surface area contributed by atoms with Crippen LogP contribution in [0.25, 0.3) is 0 Å². The molecule has 2 N–H and O–H groups in total. The lowest BCUT2D eigenvalue weighted by Gasteiger charge is -2.33. The van der Waals surface area contributed by atoms with Crippen molar-refractivity contribution < 1.29 is 9.13 Å². The molecule has 2 rings (SSSR count). The Morgan fingerprint density at radius 1 is 1.56 bits per heavy atom. The van der Waals surface area contributed by atoms with E-state index in [1.54, 1.807) is 0 Å². The largest absolute Gasteiger partial charge is 0.397 e. The molecule has 1 aromatic carbocycles. The standard InChI is InChI=1S/C11H14ClFN2O/c1-7-6-15(2-3-16-7)11-5-9(13)8(12)4-10(11)14/h4-5,7H,2-3,6,14H2,1H3. The molecule has 1 unspecified atom stereocenters. The van der Waals surface area contributed by atoms with Crippen LogP contribution in [-0.4, -0.2) is 25.8 Å². The molecule has 0 amide bonds. The summed E-state index contributed by atoms with van der Waals surface area (Å²) in [6, 6.07) is 2.84. The predicted octanol–water partition coefficient (Wildman–Crippen LogP) is 2.29. The molecule has 0 aliphatic carbocycles. The number of hydrogen-bond acceptors (Lipinski definition) is 3. The SMILES string of the molecule is CC1CN(c2cc(F)c(Cl)cc2N)CCO1. The van der Waals surface area contributed by atoms with E-state index in [1.807, 2.05) is 11.8 Å². The molecular formula is C11H14ClFN2O. The van der Waals surface area contributed by atoms with Crippen molar-refractivity contribution in [3.63, 3.8) is 0 Å². The summed E-state index contributed by atoms with van der Waals surface area (Å²) in [5, 5.41) is 0.0579. The van der Waals surface area contributed by atoms with E-state index in [0.717, 1.165) is 6.54 Å². The van der Waals surface area contributed by atoms with E-state index in [-0.39, 0.29) is 11.1 Å². The van der Waals surface area contributed by atoms with Crippen LogP contribution in [0, 0.1) is 5.82 Å². The fraction of sp³-hybridized carbons (Fsp3) is 0.455. The number of nitrogen functional groups attached to an aromatic ring is 1. The van der Waals surface area contributed by atoms with Crippen LogP contribution in [-0.2, 0) is 4.74 Å². The minimum atomic E-state index is -0.440. The first-order chi connectivity index (χ1) is 7.58. The summed E-state index contributed by atoms with van der Waals surface area (Å²) >= 11 is 5.66. The number of nitrogens with zero attached hydrogens (tertiary/aromatic N) is 1. The van der Waals surface area contributed by atoms with Crippen LogP contribution < -0.4 is 10.6 Å². The minimum absolute atomic E-state index is 0.0579. The van der Waals surface area contributed by atoms with E-state index >= 15 is 0 Å². The van der Waals surface area contributed by atoms with Crippen molar-refractivity contribution in [3.05, 3.63) is 23.0 Å². The summed E-state index contributed by atoms with van der Waals surface area (Å²) < 4.78 is 18.8. The summed E-state index contributed by atoms with van der Waals surface area (Å²) in [7, 11) is 0. The van der Waals surface area contributed by atoms with Crippen LogP contribution in [0.1, 0.15) is 6.92 Å². The zero-order chi connectivity index (χ0) is 11.7. The first kappa shape index (κ1) is 11.5. The van der Waals surface area contributed by atoms with Gasteiger partial charge in [0.15, 0.2) is 0 Å². The second-order valence-corrected chi connectivity index (χ2v) is 4.36. The molecule has 1 heterocycles. The smallest absolute Gasteiger partial charge is 0.144 e. The Morgan fingerprint density at radius 2 is 2.31 bits per heavy atom. The highest BCUT2D eigenvalue weighted by molar-refractivity contribution is 6.31. The minimum Gasteiger partial charge on any atom is -0.397 e. The van der Waals surface area contributed by atoms with Crippen molar-refractivity contribution in [1.82, 2.24) is 0 Å². The Morgan fingerprint density at radius 3 is 3.00 bits per heavy atom. The van der Waals surface area contributed by atoms with Crippen LogP contribution in [0.3, 0.4) is 0 Å². The Bertz CT molecular complexity index is 400. The van der Waals surface area contributed by atoms with Gasteiger partial charge in [0.1, 0.15) is 5.82 Å². The van der Waals surface area contributed by atoms with Gasteiger partial charge in [0, 0.05) is 19.2 Å². The van der Waals surface area contributed by atoms with Gasteiger partial charge in [-0.2, -0.15) is 0 Å². The summed E-state index contributed by atoms with van der Waals surface area (Å²) in [6.45, 7) is 4.04. The Hall–Kier alpha value is -1.00. The molecular weight excluding hydrogens is 231 g/mol. The fourth-order valence-corrected chi connectivity index (χ4v) is 2.03. The Kier molecular flexibility index (Phi) is 3.21. The molecule has 0 saturated carbocycles. The maximum atomic E-state index is 13.4. The number of rotatable bonds is 1. The highest BCUT2D eigenvalue weighted by atomic mass is 35.5. The highest BCUT2D eigenvalue weighted by Crippen LogP contribution is 2.30. The number of halogens is 2. The first-order valence-electron chi connectivity index (χ1n) is 5.19. The molecule has 3 nitrogen and oxygen atoms in total.